The predicted molar refractivity (Wildman–Crippen MR) is 132 cm³/mol. The van der Waals surface area contributed by atoms with Crippen molar-refractivity contribution >= 4 is 17.6 Å². The molecule has 1 aromatic heterocycles. The van der Waals surface area contributed by atoms with Gasteiger partial charge in [0.15, 0.2) is 11.5 Å². The van der Waals surface area contributed by atoms with Crippen LogP contribution in [0.2, 0.25) is 0 Å². The van der Waals surface area contributed by atoms with Crippen molar-refractivity contribution in [3.05, 3.63) is 48.0 Å². The molecule has 8 heteroatoms. The number of aromatic nitrogens is 2. The van der Waals surface area contributed by atoms with E-state index in [0.717, 1.165) is 24.1 Å². The fraction of sp³-hybridized carbons (Fsp3) is 0.423. The number of rotatable bonds is 8. The van der Waals surface area contributed by atoms with E-state index in [0.29, 0.717) is 49.0 Å². The van der Waals surface area contributed by atoms with Crippen molar-refractivity contribution in [2.24, 2.45) is 5.92 Å². The van der Waals surface area contributed by atoms with E-state index in [1.165, 1.54) is 5.56 Å². The quantitative estimate of drug-likeness (QED) is 0.495. The van der Waals surface area contributed by atoms with Crippen LogP contribution in [-0.4, -0.2) is 42.9 Å². The Balaban J connectivity index is 1.34. The average molecular weight is 465 g/mol. The molecule has 1 aliphatic heterocycles. The third-order valence-corrected chi connectivity index (χ3v) is 6.12. The average Bonchev–Trinajstić information content (AvgIpc) is 3.35. The molecule has 8 nitrogen and oxygen atoms in total. The molecule has 180 valence electrons. The molecule has 1 fully saturated rings. The molecule has 34 heavy (non-hydrogen) atoms. The van der Waals surface area contributed by atoms with E-state index in [1.807, 2.05) is 42.2 Å². The zero-order valence-corrected chi connectivity index (χ0v) is 20.2. The van der Waals surface area contributed by atoms with Gasteiger partial charge in [0.2, 0.25) is 11.7 Å². The Morgan fingerprint density at radius 1 is 1.15 bits per heavy atom. The molecule has 1 N–H and O–H groups in total. The Kier molecular flexibility index (Phi) is 7.35. The maximum absolute atomic E-state index is 12.7. The summed E-state index contributed by atoms with van der Waals surface area (Å²) in [5.41, 5.74) is 2.88. The summed E-state index contributed by atoms with van der Waals surface area (Å²) < 4.78 is 16.5. The van der Waals surface area contributed by atoms with Gasteiger partial charge in [0.05, 0.1) is 13.7 Å². The van der Waals surface area contributed by atoms with E-state index < -0.39 is 0 Å². The molecule has 2 aromatic carbocycles. The number of anilines is 2. The van der Waals surface area contributed by atoms with Crippen LogP contribution >= 0.6 is 0 Å². The molecular weight excluding hydrogens is 432 g/mol. The summed E-state index contributed by atoms with van der Waals surface area (Å²) in [4.78, 5) is 19.3. The van der Waals surface area contributed by atoms with Gasteiger partial charge >= 0.3 is 6.01 Å². The van der Waals surface area contributed by atoms with Crippen LogP contribution in [0.25, 0.3) is 11.4 Å². The summed E-state index contributed by atoms with van der Waals surface area (Å²) in [5, 5.41) is 7.19. The van der Waals surface area contributed by atoms with Crippen molar-refractivity contribution < 1.29 is 18.8 Å². The standard InChI is InChI=1S/C26H32N4O4/c1-5-33-22-11-8-20(16-23(22)32-4)24-28-26(34-29-24)30-14-12-19(13-15-30)25(31)27-21-9-6-18(7-10-21)17(2)3/h6-11,16-17,19H,5,12-15H2,1-4H3,(H,27,31). The fourth-order valence-electron chi connectivity index (χ4n) is 4.07. The lowest BCUT2D eigenvalue weighted by atomic mass is 9.96. The number of nitrogens with one attached hydrogen (secondary N) is 1. The van der Waals surface area contributed by atoms with Gasteiger partial charge in [0, 0.05) is 30.3 Å². The highest BCUT2D eigenvalue weighted by atomic mass is 16.5. The minimum Gasteiger partial charge on any atom is -0.493 e. The molecule has 1 amide bonds. The Morgan fingerprint density at radius 2 is 1.88 bits per heavy atom. The van der Waals surface area contributed by atoms with Gasteiger partial charge in [-0.3, -0.25) is 4.79 Å². The first-order chi connectivity index (χ1) is 16.5. The van der Waals surface area contributed by atoms with Gasteiger partial charge in [0.25, 0.3) is 0 Å². The Bertz CT molecular complexity index is 1100. The normalized spacial score (nSPS) is 14.3. The van der Waals surface area contributed by atoms with E-state index in [9.17, 15) is 4.79 Å². The number of benzene rings is 2. The van der Waals surface area contributed by atoms with Crippen molar-refractivity contribution in [2.45, 2.75) is 39.5 Å². The minimum atomic E-state index is -0.0428. The second kappa shape index (κ2) is 10.6. The first kappa shape index (κ1) is 23.6. The summed E-state index contributed by atoms with van der Waals surface area (Å²) in [6, 6.07) is 14.1. The number of amides is 1. The lowest BCUT2D eigenvalue weighted by Gasteiger charge is -2.29. The number of hydrogen-bond donors (Lipinski definition) is 1. The topological polar surface area (TPSA) is 89.7 Å². The molecule has 0 saturated carbocycles. The van der Waals surface area contributed by atoms with E-state index in [4.69, 9.17) is 14.0 Å². The SMILES string of the molecule is CCOc1ccc(-c2noc(N3CCC(C(=O)Nc4ccc(C(C)C)cc4)CC3)n2)cc1OC. The number of hydrogen-bond acceptors (Lipinski definition) is 7. The number of piperidine rings is 1. The van der Waals surface area contributed by atoms with Crippen LogP contribution in [0.1, 0.15) is 45.1 Å². The van der Waals surface area contributed by atoms with Crippen LogP contribution in [0.15, 0.2) is 47.0 Å². The van der Waals surface area contributed by atoms with Crippen molar-refractivity contribution in [3.8, 4) is 22.9 Å². The molecule has 4 rings (SSSR count). The monoisotopic (exact) mass is 464 g/mol. The Hall–Kier alpha value is -3.55. The molecule has 3 aromatic rings. The highest BCUT2D eigenvalue weighted by molar-refractivity contribution is 5.92. The van der Waals surface area contributed by atoms with Gasteiger partial charge in [-0.1, -0.05) is 31.1 Å². The van der Waals surface area contributed by atoms with Crippen LogP contribution in [0, 0.1) is 5.92 Å². The fourth-order valence-corrected chi connectivity index (χ4v) is 4.07. The van der Waals surface area contributed by atoms with Crippen LogP contribution < -0.4 is 19.7 Å². The van der Waals surface area contributed by atoms with E-state index in [2.05, 4.69) is 41.4 Å². The van der Waals surface area contributed by atoms with Crippen molar-refractivity contribution in [1.82, 2.24) is 10.1 Å². The zero-order chi connectivity index (χ0) is 24.1. The summed E-state index contributed by atoms with van der Waals surface area (Å²) in [5.74, 6) is 2.27. The van der Waals surface area contributed by atoms with Gasteiger partial charge in [0.1, 0.15) is 0 Å². The van der Waals surface area contributed by atoms with Gasteiger partial charge in [-0.25, -0.2) is 0 Å². The van der Waals surface area contributed by atoms with E-state index in [-0.39, 0.29) is 11.8 Å². The van der Waals surface area contributed by atoms with E-state index in [1.54, 1.807) is 7.11 Å². The van der Waals surface area contributed by atoms with Gasteiger partial charge in [-0.05, 0) is 61.6 Å². The Morgan fingerprint density at radius 3 is 2.53 bits per heavy atom. The molecule has 1 saturated heterocycles. The van der Waals surface area contributed by atoms with Gasteiger partial charge < -0.3 is 24.2 Å². The van der Waals surface area contributed by atoms with Crippen LogP contribution in [0.5, 0.6) is 11.5 Å². The summed E-state index contributed by atoms with van der Waals surface area (Å²) >= 11 is 0. The van der Waals surface area contributed by atoms with Crippen LogP contribution in [0.4, 0.5) is 11.7 Å². The number of nitrogens with zero attached hydrogens (tertiary/aromatic N) is 3. The van der Waals surface area contributed by atoms with Crippen molar-refractivity contribution in [3.63, 3.8) is 0 Å². The zero-order valence-electron chi connectivity index (χ0n) is 20.2. The molecule has 0 atom stereocenters. The van der Waals surface area contributed by atoms with Crippen molar-refractivity contribution in [2.75, 3.05) is 37.0 Å². The maximum atomic E-state index is 12.7. The molecule has 0 aliphatic carbocycles. The van der Waals surface area contributed by atoms with E-state index >= 15 is 0 Å². The first-order valence-corrected chi connectivity index (χ1v) is 11.8. The summed E-state index contributed by atoms with van der Waals surface area (Å²) in [7, 11) is 1.60. The Labute approximate surface area is 200 Å². The number of ether oxygens (including phenoxy) is 2. The minimum absolute atomic E-state index is 0.0428. The molecule has 1 aliphatic rings. The summed E-state index contributed by atoms with van der Waals surface area (Å²) in [6.45, 7) is 8.15. The molecule has 0 bridgehead atoms. The number of carbonyl (C=O) groups excluding carboxylic acids is 1. The largest absolute Gasteiger partial charge is 0.493 e. The molecule has 0 radical (unpaired) electrons. The molecular formula is C26H32N4O4. The number of methoxy groups -OCH3 is 1. The highest BCUT2D eigenvalue weighted by Gasteiger charge is 2.28. The van der Waals surface area contributed by atoms with Gasteiger partial charge in [-0.15, -0.1) is 0 Å². The molecule has 0 spiro atoms. The molecule has 0 unspecified atom stereocenters. The van der Waals surface area contributed by atoms with Crippen molar-refractivity contribution in [1.29, 1.82) is 0 Å². The summed E-state index contributed by atoms with van der Waals surface area (Å²) in [6.07, 6.45) is 1.45. The lowest BCUT2D eigenvalue weighted by molar-refractivity contribution is -0.120. The lowest BCUT2D eigenvalue weighted by Crippen LogP contribution is -2.38. The van der Waals surface area contributed by atoms with Gasteiger partial charge in [-0.2, -0.15) is 4.98 Å². The highest BCUT2D eigenvalue weighted by Crippen LogP contribution is 2.32. The second-order valence-electron chi connectivity index (χ2n) is 8.73. The second-order valence-corrected chi connectivity index (χ2v) is 8.73. The molecule has 2 heterocycles. The maximum Gasteiger partial charge on any atom is 0.324 e. The third-order valence-electron chi connectivity index (χ3n) is 6.12. The van der Waals surface area contributed by atoms with Crippen LogP contribution in [-0.2, 0) is 4.79 Å². The smallest absolute Gasteiger partial charge is 0.324 e. The first-order valence-electron chi connectivity index (χ1n) is 11.8. The predicted octanol–water partition coefficient (Wildman–Crippen LogP) is 5.12. The van der Waals surface area contributed by atoms with Crippen LogP contribution in [0.3, 0.4) is 0 Å². The number of carbonyl (C=O) groups is 1. The third kappa shape index (κ3) is 5.32.